The van der Waals surface area contributed by atoms with E-state index in [-0.39, 0.29) is 22.4 Å². The second-order valence-electron chi connectivity index (χ2n) is 6.50. The Morgan fingerprint density at radius 3 is 2.30 bits per heavy atom. The summed E-state index contributed by atoms with van der Waals surface area (Å²) in [6, 6.07) is 12.1. The smallest absolute Gasteiger partial charge is 0.337 e. The van der Waals surface area contributed by atoms with Gasteiger partial charge in [-0.2, -0.15) is 0 Å². The number of carbonyl (C=O) groups is 3. The molecule has 0 saturated carbocycles. The number of carboxylic acids is 1. The minimum Gasteiger partial charge on any atom is -0.478 e. The van der Waals surface area contributed by atoms with Gasteiger partial charge in [0.25, 0.3) is 5.91 Å². The van der Waals surface area contributed by atoms with Crippen molar-refractivity contribution in [2.45, 2.75) is 26.3 Å². The van der Waals surface area contributed by atoms with Gasteiger partial charge in [0.15, 0.2) is 0 Å². The summed E-state index contributed by atoms with van der Waals surface area (Å²) in [6.45, 7) is 3.84. The molecule has 1 atom stereocenters. The molecule has 0 aliphatic heterocycles. The van der Waals surface area contributed by atoms with Crippen LogP contribution in [0.5, 0.6) is 0 Å². The third-order valence-corrected chi connectivity index (χ3v) is 4.07. The molecule has 1 unspecified atom stereocenters. The normalized spacial score (nSPS) is 11.7. The molecule has 6 nitrogen and oxygen atoms in total. The molecule has 0 aliphatic rings. The zero-order chi connectivity index (χ0) is 20.0. The van der Waals surface area contributed by atoms with Crippen LogP contribution in [0.25, 0.3) is 0 Å². The molecule has 0 aromatic heterocycles. The first kappa shape index (κ1) is 20.5. The summed E-state index contributed by atoms with van der Waals surface area (Å²) in [5, 5.41) is 14.5. The van der Waals surface area contributed by atoms with Crippen LogP contribution in [0.3, 0.4) is 0 Å². The predicted molar refractivity (Wildman–Crippen MR) is 104 cm³/mol. The maximum Gasteiger partial charge on any atom is 0.337 e. The van der Waals surface area contributed by atoms with E-state index < -0.39 is 17.9 Å². The summed E-state index contributed by atoms with van der Waals surface area (Å²) in [5.41, 5.74) is 0.925. The highest BCUT2D eigenvalue weighted by Crippen LogP contribution is 2.23. The number of anilines is 1. The number of amides is 2. The van der Waals surface area contributed by atoms with Crippen molar-refractivity contribution >= 4 is 35.1 Å². The lowest BCUT2D eigenvalue weighted by Gasteiger charge is -2.20. The average molecular weight is 389 g/mol. The Kier molecular flexibility index (Phi) is 6.96. The van der Waals surface area contributed by atoms with Crippen LogP contribution in [0.1, 0.15) is 42.2 Å². The number of hydrogen-bond donors (Lipinski definition) is 3. The molecule has 2 aromatic carbocycles. The van der Waals surface area contributed by atoms with Crippen LogP contribution in [0, 0.1) is 5.92 Å². The van der Waals surface area contributed by atoms with Gasteiger partial charge < -0.3 is 15.7 Å². The summed E-state index contributed by atoms with van der Waals surface area (Å²) < 4.78 is 0. The Morgan fingerprint density at radius 2 is 1.74 bits per heavy atom. The van der Waals surface area contributed by atoms with Gasteiger partial charge in [-0.3, -0.25) is 9.59 Å². The number of hydrogen-bond acceptors (Lipinski definition) is 3. The lowest BCUT2D eigenvalue weighted by molar-refractivity contribution is -0.127. The number of halogens is 1. The Morgan fingerprint density at radius 1 is 1.07 bits per heavy atom. The first-order valence-corrected chi connectivity index (χ1v) is 8.83. The van der Waals surface area contributed by atoms with Crippen molar-refractivity contribution < 1.29 is 19.5 Å². The van der Waals surface area contributed by atoms with Gasteiger partial charge >= 0.3 is 5.97 Å². The first-order valence-electron chi connectivity index (χ1n) is 8.46. The fourth-order valence-electron chi connectivity index (χ4n) is 2.52. The van der Waals surface area contributed by atoms with Crippen LogP contribution >= 0.6 is 11.6 Å². The zero-order valence-electron chi connectivity index (χ0n) is 15.0. The van der Waals surface area contributed by atoms with Crippen LogP contribution in [0.2, 0.25) is 5.02 Å². The number of rotatable bonds is 7. The second kappa shape index (κ2) is 9.19. The first-order chi connectivity index (χ1) is 12.8. The van der Waals surface area contributed by atoms with E-state index in [0.717, 1.165) is 0 Å². The molecule has 0 bridgehead atoms. The lowest BCUT2D eigenvalue weighted by Crippen LogP contribution is -2.37. The third kappa shape index (κ3) is 5.82. The quantitative estimate of drug-likeness (QED) is 0.670. The fourth-order valence-corrected chi connectivity index (χ4v) is 2.78. The van der Waals surface area contributed by atoms with Crippen LogP contribution in [-0.2, 0) is 9.59 Å². The van der Waals surface area contributed by atoms with Crippen LogP contribution in [0.15, 0.2) is 48.5 Å². The summed E-state index contributed by atoms with van der Waals surface area (Å²) >= 11 is 5.94. The predicted octanol–water partition coefficient (Wildman–Crippen LogP) is 3.88. The van der Waals surface area contributed by atoms with Crippen LogP contribution < -0.4 is 10.6 Å². The SMILES string of the molecule is CC(C)CC(=O)NC(C(=O)Nc1ccc(C(=O)O)c(Cl)c1)c1ccccc1. The van der Waals surface area contributed by atoms with E-state index >= 15 is 0 Å². The van der Waals surface area contributed by atoms with Crippen molar-refractivity contribution in [2.24, 2.45) is 5.92 Å². The van der Waals surface area contributed by atoms with Crippen molar-refractivity contribution in [1.29, 1.82) is 0 Å². The highest BCUT2D eigenvalue weighted by molar-refractivity contribution is 6.33. The van der Waals surface area contributed by atoms with Crippen LogP contribution in [0.4, 0.5) is 5.69 Å². The molecule has 0 radical (unpaired) electrons. The monoisotopic (exact) mass is 388 g/mol. The molecular formula is C20H21ClN2O4. The van der Waals surface area contributed by atoms with Gasteiger partial charge in [-0.15, -0.1) is 0 Å². The Balaban J connectivity index is 2.22. The molecule has 2 aromatic rings. The van der Waals surface area contributed by atoms with E-state index in [9.17, 15) is 14.4 Å². The van der Waals surface area contributed by atoms with Gasteiger partial charge in [0.1, 0.15) is 6.04 Å². The molecule has 142 valence electrons. The highest BCUT2D eigenvalue weighted by atomic mass is 35.5. The van der Waals surface area contributed by atoms with Crippen LogP contribution in [-0.4, -0.2) is 22.9 Å². The van der Waals surface area contributed by atoms with E-state index in [0.29, 0.717) is 17.7 Å². The fraction of sp³-hybridized carbons (Fsp3) is 0.250. The highest BCUT2D eigenvalue weighted by Gasteiger charge is 2.23. The van der Waals surface area contributed by atoms with Gasteiger partial charge in [-0.05, 0) is 29.7 Å². The zero-order valence-corrected chi connectivity index (χ0v) is 15.8. The maximum atomic E-state index is 12.8. The molecule has 7 heteroatoms. The summed E-state index contributed by atoms with van der Waals surface area (Å²) in [6.07, 6.45) is 0.301. The topological polar surface area (TPSA) is 95.5 Å². The standard InChI is InChI=1S/C20H21ClN2O4/c1-12(2)10-17(24)23-18(13-6-4-3-5-7-13)19(25)22-14-8-9-15(20(26)27)16(21)11-14/h3-9,11-12,18H,10H2,1-2H3,(H,22,25)(H,23,24)(H,26,27). The largest absolute Gasteiger partial charge is 0.478 e. The lowest BCUT2D eigenvalue weighted by atomic mass is 10.0. The van der Waals surface area contributed by atoms with Gasteiger partial charge in [0.05, 0.1) is 10.6 Å². The molecule has 27 heavy (non-hydrogen) atoms. The number of aromatic carboxylic acids is 1. The Bertz CT molecular complexity index is 837. The number of carbonyl (C=O) groups excluding carboxylic acids is 2. The number of nitrogens with one attached hydrogen (secondary N) is 2. The summed E-state index contributed by atoms with van der Waals surface area (Å²) in [4.78, 5) is 36.0. The molecule has 0 heterocycles. The molecule has 3 N–H and O–H groups in total. The van der Waals surface area contributed by atoms with Gasteiger partial charge in [0, 0.05) is 12.1 Å². The minimum absolute atomic E-state index is 0.0143. The molecule has 2 rings (SSSR count). The van der Waals surface area contributed by atoms with E-state index in [1.165, 1.54) is 18.2 Å². The van der Waals surface area contributed by atoms with Crippen molar-refractivity contribution in [3.63, 3.8) is 0 Å². The van der Waals surface area contributed by atoms with Crippen molar-refractivity contribution in [3.05, 3.63) is 64.7 Å². The van der Waals surface area contributed by atoms with Crippen molar-refractivity contribution in [1.82, 2.24) is 5.32 Å². The van der Waals surface area contributed by atoms with E-state index in [4.69, 9.17) is 16.7 Å². The van der Waals surface area contributed by atoms with Gasteiger partial charge in [-0.25, -0.2) is 4.79 Å². The minimum atomic E-state index is -1.15. The maximum absolute atomic E-state index is 12.8. The molecule has 0 fully saturated rings. The molecule has 0 aliphatic carbocycles. The summed E-state index contributed by atoms with van der Waals surface area (Å²) in [5.74, 6) is -1.67. The second-order valence-corrected chi connectivity index (χ2v) is 6.91. The summed E-state index contributed by atoms with van der Waals surface area (Å²) in [7, 11) is 0. The molecule has 0 saturated heterocycles. The van der Waals surface area contributed by atoms with Crippen molar-refractivity contribution in [2.75, 3.05) is 5.32 Å². The third-order valence-electron chi connectivity index (χ3n) is 3.76. The number of carboxylic acid groups (broad SMARTS) is 1. The Hall–Kier alpha value is -2.86. The van der Waals surface area contributed by atoms with Gasteiger partial charge in [-0.1, -0.05) is 55.8 Å². The molecular weight excluding hydrogens is 368 g/mol. The Labute approximate surface area is 162 Å². The van der Waals surface area contributed by atoms with E-state index in [1.807, 2.05) is 19.9 Å². The van der Waals surface area contributed by atoms with E-state index in [2.05, 4.69) is 10.6 Å². The molecule has 2 amide bonds. The van der Waals surface area contributed by atoms with Gasteiger partial charge in [0.2, 0.25) is 5.91 Å². The average Bonchev–Trinajstić information content (AvgIpc) is 2.59. The van der Waals surface area contributed by atoms with E-state index in [1.54, 1.807) is 24.3 Å². The molecule has 0 spiro atoms. The van der Waals surface area contributed by atoms with Crippen molar-refractivity contribution in [3.8, 4) is 0 Å². The number of benzene rings is 2.